The van der Waals surface area contributed by atoms with Crippen LogP contribution >= 0.6 is 11.3 Å². The molecule has 0 unspecified atom stereocenters. The molecule has 0 aromatic carbocycles. The lowest BCUT2D eigenvalue weighted by molar-refractivity contribution is -0.141. The number of nitrogens with zero attached hydrogens (tertiary/aromatic N) is 2. The molecule has 2 aromatic heterocycles. The predicted octanol–water partition coefficient (Wildman–Crippen LogP) is 1.32. The van der Waals surface area contributed by atoms with Crippen molar-refractivity contribution in [1.29, 1.82) is 0 Å². The molecule has 7 nitrogen and oxygen atoms in total. The summed E-state index contributed by atoms with van der Waals surface area (Å²) in [6, 6.07) is 0.954. The van der Waals surface area contributed by atoms with Gasteiger partial charge in [0.1, 0.15) is 6.04 Å². The van der Waals surface area contributed by atoms with Gasteiger partial charge >= 0.3 is 5.97 Å². The number of thiophene rings is 1. The number of carbonyl (C=O) groups is 2. The molecule has 1 amide bonds. The highest BCUT2D eigenvalue weighted by molar-refractivity contribution is 7.08. The van der Waals surface area contributed by atoms with Crippen LogP contribution in [0.4, 0.5) is 0 Å². The van der Waals surface area contributed by atoms with Crippen molar-refractivity contribution in [3.8, 4) is 11.5 Å². The Hall–Kier alpha value is -2.22. The zero-order valence-electron chi connectivity index (χ0n) is 10.7. The van der Waals surface area contributed by atoms with E-state index in [9.17, 15) is 9.59 Å². The van der Waals surface area contributed by atoms with Gasteiger partial charge in [0.25, 0.3) is 0 Å². The summed E-state index contributed by atoms with van der Waals surface area (Å²) in [4.78, 5) is 22.1. The minimum Gasteiger partial charge on any atom is -0.480 e. The van der Waals surface area contributed by atoms with Gasteiger partial charge in [0.2, 0.25) is 17.7 Å². The topological polar surface area (TPSA) is 105 Å². The van der Waals surface area contributed by atoms with Crippen LogP contribution in [0.2, 0.25) is 0 Å². The van der Waals surface area contributed by atoms with E-state index in [4.69, 9.17) is 9.52 Å². The maximum Gasteiger partial charge on any atom is 0.325 e. The Balaban J connectivity index is 1.86. The van der Waals surface area contributed by atoms with E-state index < -0.39 is 12.0 Å². The average molecular weight is 295 g/mol. The van der Waals surface area contributed by atoms with Crippen molar-refractivity contribution in [2.24, 2.45) is 0 Å². The molecule has 8 heteroatoms. The second-order valence-corrected chi connectivity index (χ2v) is 4.92. The molecule has 0 saturated carbocycles. The van der Waals surface area contributed by atoms with Gasteiger partial charge in [-0.3, -0.25) is 9.59 Å². The van der Waals surface area contributed by atoms with Crippen molar-refractivity contribution in [2.75, 3.05) is 0 Å². The lowest BCUT2D eigenvalue weighted by Gasteiger charge is -2.07. The number of carboxylic acid groups (broad SMARTS) is 1. The predicted molar refractivity (Wildman–Crippen MR) is 71.2 cm³/mol. The molecule has 1 atom stereocenters. The van der Waals surface area contributed by atoms with Crippen LogP contribution in [-0.4, -0.2) is 33.2 Å². The summed E-state index contributed by atoms with van der Waals surface area (Å²) < 4.78 is 5.42. The second kappa shape index (κ2) is 6.29. The summed E-state index contributed by atoms with van der Waals surface area (Å²) in [5.74, 6) is -0.670. The van der Waals surface area contributed by atoms with E-state index in [1.165, 1.54) is 18.3 Å². The molecule has 0 aliphatic carbocycles. The van der Waals surface area contributed by atoms with Crippen LogP contribution in [0, 0.1) is 0 Å². The molecule has 20 heavy (non-hydrogen) atoms. The van der Waals surface area contributed by atoms with Crippen molar-refractivity contribution < 1.29 is 19.1 Å². The van der Waals surface area contributed by atoms with Gasteiger partial charge in [0, 0.05) is 23.8 Å². The first-order valence-corrected chi connectivity index (χ1v) is 6.87. The average Bonchev–Trinajstić information content (AvgIpc) is 3.07. The normalized spacial score (nSPS) is 12.1. The molecule has 2 heterocycles. The van der Waals surface area contributed by atoms with Crippen LogP contribution in [-0.2, 0) is 16.0 Å². The van der Waals surface area contributed by atoms with Crippen LogP contribution in [0.15, 0.2) is 21.2 Å². The molecule has 0 aliphatic rings. The smallest absolute Gasteiger partial charge is 0.325 e. The molecular formula is C12H13N3O4S. The number of carbonyl (C=O) groups excluding carboxylic acids is 1. The van der Waals surface area contributed by atoms with E-state index in [0.717, 1.165) is 5.56 Å². The van der Waals surface area contributed by atoms with E-state index in [1.807, 2.05) is 16.8 Å². The van der Waals surface area contributed by atoms with Crippen molar-refractivity contribution in [3.05, 3.63) is 22.7 Å². The van der Waals surface area contributed by atoms with E-state index in [0.29, 0.717) is 11.8 Å². The summed E-state index contributed by atoms with van der Waals surface area (Å²) >= 11 is 1.52. The summed E-state index contributed by atoms with van der Waals surface area (Å²) in [5.41, 5.74) is 0.845. The molecule has 106 valence electrons. The van der Waals surface area contributed by atoms with Crippen LogP contribution < -0.4 is 5.32 Å². The van der Waals surface area contributed by atoms with Gasteiger partial charge in [-0.2, -0.15) is 11.3 Å². The van der Waals surface area contributed by atoms with E-state index in [1.54, 1.807) is 0 Å². The molecule has 0 bridgehead atoms. The Labute approximate surface area is 118 Å². The third-order valence-electron chi connectivity index (χ3n) is 2.55. The number of aliphatic carboxylic acids is 1. The first-order chi connectivity index (χ1) is 9.56. The monoisotopic (exact) mass is 295 g/mol. The van der Waals surface area contributed by atoms with Gasteiger partial charge in [-0.1, -0.05) is 0 Å². The van der Waals surface area contributed by atoms with E-state index in [-0.39, 0.29) is 18.7 Å². The van der Waals surface area contributed by atoms with Gasteiger partial charge in [0.05, 0.1) is 0 Å². The molecule has 2 rings (SSSR count). The molecule has 0 fully saturated rings. The first kappa shape index (κ1) is 14.2. The second-order valence-electron chi connectivity index (χ2n) is 4.14. The highest BCUT2D eigenvalue weighted by atomic mass is 32.1. The minimum absolute atomic E-state index is 0.100. The Kier molecular flexibility index (Phi) is 4.46. The van der Waals surface area contributed by atoms with Crippen molar-refractivity contribution in [3.63, 3.8) is 0 Å². The number of aryl methyl sites for hydroxylation is 1. The first-order valence-electron chi connectivity index (χ1n) is 5.93. The quantitative estimate of drug-likeness (QED) is 0.832. The standard InChI is InChI=1S/C12H13N3O4S/c1-7(12(17)18)13-9(16)2-3-10-14-15-11(19-10)8-4-5-20-6-8/h4-7H,2-3H2,1H3,(H,13,16)(H,17,18)/t7-/m0/s1. The van der Waals surface area contributed by atoms with Crippen molar-refractivity contribution in [1.82, 2.24) is 15.5 Å². The third-order valence-corrected chi connectivity index (χ3v) is 3.23. The zero-order valence-corrected chi connectivity index (χ0v) is 11.5. The fourth-order valence-electron chi connectivity index (χ4n) is 1.45. The number of hydrogen-bond donors (Lipinski definition) is 2. The summed E-state index contributed by atoms with van der Waals surface area (Å²) in [6.45, 7) is 1.40. The number of aromatic nitrogens is 2. The summed E-state index contributed by atoms with van der Waals surface area (Å²) in [5, 5.41) is 22.6. The fourth-order valence-corrected chi connectivity index (χ4v) is 2.08. The number of carboxylic acids is 1. The van der Waals surface area contributed by atoms with Gasteiger partial charge in [-0.25, -0.2) is 0 Å². The molecule has 0 radical (unpaired) electrons. The Morgan fingerprint density at radius 3 is 2.95 bits per heavy atom. The molecular weight excluding hydrogens is 282 g/mol. The van der Waals surface area contributed by atoms with Gasteiger partial charge in [0.15, 0.2) is 0 Å². The lowest BCUT2D eigenvalue weighted by atomic mass is 10.2. The summed E-state index contributed by atoms with van der Waals surface area (Å²) in [7, 11) is 0. The molecule has 0 spiro atoms. The van der Waals surface area contributed by atoms with Gasteiger partial charge in [-0.15, -0.1) is 10.2 Å². The SMILES string of the molecule is C[C@H](NC(=O)CCc1nnc(-c2ccsc2)o1)C(=O)O. The van der Waals surface area contributed by atoms with Crippen LogP contribution in [0.25, 0.3) is 11.5 Å². The number of hydrogen-bond acceptors (Lipinski definition) is 6. The Bertz CT molecular complexity index is 594. The Morgan fingerprint density at radius 2 is 2.30 bits per heavy atom. The molecule has 2 aromatic rings. The van der Waals surface area contributed by atoms with Crippen molar-refractivity contribution in [2.45, 2.75) is 25.8 Å². The summed E-state index contributed by atoms with van der Waals surface area (Å²) in [6.07, 6.45) is 0.373. The largest absolute Gasteiger partial charge is 0.480 e. The van der Waals surface area contributed by atoms with E-state index in [2.05, 4.69) is 15.5 Å². The number of nitrogens with one attached hydrogen (secondary N) is 1. The Morgan fingerprint density at radius 1 is 1.50 bits per heavy atom. The fraction of sp³-hybridized carbons (Fsp3) is 0.333. The van der Waals surface area contributed by atoms with Crippen LogP contribution in [0.1, 0.15) is 19.2 Å². The number of rotatable bonds is 6. The third kappa shape index (κ3) is 3.64. The molecule has 0 saturated heterocycles. The maximum atomic E-state index is 11.5. The van der Waals surface area contributed by atoms with Gasteiger partial charge in [-0.05, 0) is 18.4 Å². The highest BCUT2D eigenvalue weighted by Crippen LogP contribution is 2.20. The zero-order chi connectivity index (χ0) is 14.5. The van der Waals surface area contributed by atoms with Crippen LogP contribution in [0.5, 0.6) is 0 Å². The molecule has 2 N–H and O–H groups in total. The van der Waals surface area contributed by atoms with Crippen LogP contribution in [0.3, 0.4) is 0 Å². The minimum atomic E-state index is -1.07. The van der Waals surface area contributed by atoms with E-state index >= 15 is 0 Å². The lowest BCUT2D eigenvalue weighted by Crippen LogP contribution is -2.38. The maximum absolute atomic E-state index is 11.5. The van der Waals surface area contributed by atoms with Gasteiger partial charge < -0.3 is 14.8 Å². The molecule has 0 aliphatic heterocycles. The highest BCUT2D eigenvalue weighted by Gasteiger charge is 2.15. The van der Waals surface area contributed by atoms with Crippen molar-refractivity contribution >= 4 is 23.2 Å². The number of amides is 1.